The van der Waals surface area contributed by atoms with Crippen LogP contribution in [0.5, 0.6) is 0 Å². The van der Waals surface area contributed by atoms with Gasteiger partial charge >= 0.3 is 0 Å². The first kappa shape index (κ1) is 11.0. The van der Waals surface area contributed by atoms with Crippen LogP contribution in [0.3, 0.4) is 0 Å². The summed E-state index contributed by atoms with van der Waals surface area (Å²) in [6, 6.07) is 3.47. The highest BCUT2D eigenvalue weighted by Crippen LogP contribution is 2.38. The van der Waals surface area contributed by atoms with Crippen LogP contribution < -0.4 is 10.2 Å². The van der Waals surface area contributed by atoms with Gasteiger partial charge in [0.25, 0.3) is 0 Å². The lowest BCUT2D eigenvalue weighted by Gasteiger charge is -2.28. The van der Waals surface area contributed by atoms with Gasteiger partial charge in [-0.2, -0.15) is 9.64 Å². The Balaban J connectivity index is 2.00. The maximum atomic E-state index is 9.26. The second-order valence-electron chi connectivity index (χ2n) is 4.85. The Kier molecular flexibility index (Phi) is 2.77. The predicted octanol–water partition coefficient (Wildman–Crippen LogP) is 1.65. The van der Waals surface area contributed by atoms with Crippen molar-refractivity contribution in [3.63, 3.8) is 0 Å². The average molecular weight is 248 g/mol. The lowest BCUT2D eigenvalue weighted by Crippen LogP contribution is -2.37. The fourth-order valence-electron chi connectivity index (χ4n) is 2.98. The van der Waals surface area contributed by atoms with E-state index < -0.39 is 0 Å². The van der Waals surface area contributed by atoms with E-state index >= 15 is 0 Å². The molecule has 0 aromatic carbocycles. The monoisotopic (exact) mass is 248 g/mol. The maximum Gasteiger partial charge on any atom is 0.130 e. The van der Waals surface area contributed by atoms with Crippen molar-refractivity contribution in [2.45, 2.75) is 38.3 Å². The molecule has 0 aliphatic carbocycles. The summed E-state index contributed by atoms with van der Waals surface area (Å²) < 4.78 is 4.35. The van der Waals surface area contributed by atoms with Gasteiger partial charge in [0.2, 0.25) is 0 Å². The number of aryl methyl sites for hydroxylation is 1. The molecule has 1 N–H and O–H groups in total. The Morgan fingerprint density at radius 1 is 1.41 bits per heavy atom. The van der Waals surface area contributed by atoms with Crippen LogP contribution in [0.1, 0.15) is 30.5 Å². The van der Waals surface area contributed by atoms with Crippen molar-refractivity contribution in [2.75, 3.05) is 18.0 Å². The minimum atomic E-state index is 0.550. The van der Waals surface area contributed by atoms with Crippen LogP contribution in [0.15, 0.2) is 0 Å². The molecule has 4 nitrogen and oxygen atoms in total. The second kappa shape index (κ2) is 4.28. The summed E-state index contributed by atoms with van der Waals surface area (Å²) in [4.78, 5) is 2.46. The Morgan fingerprint density at radius 3 is 3.06 bits per heavy atom. The molecule has 90 valence electrons. The molecule has 5 heteroatoms. The molecule has 2 fully saturated rings. The number of nitriles is 1. The van der Waals surface area contributed by atoms with E-state index in [1.54, 1.807) is 0 Å². The van der Waals surface area contributed by atoms with E-state index in [-0.39, 0.29) is 0 Å². The average Bonchev–Trinajstić information content (AvgIpc) is 2.78. The van der Waals surface area contributed by atoms with Gasteiger partial charge < -0.3 is 10.2 Å². The zero-order chi connectivity index (χ0) is 11.8. The smallest absolute Gasteiger partial charge is 0.130 e. The van der Waals surface area contributed by atoms with E-state index in [2.05, 4.69) is 20.7 Å². The van der Waals surface area contributed by atoms with Crippen molar-refractivity contribution in [3.8, 4) is 6.07 Å². The van der Waals surface area contributed by atoms with Crippen LogP contribution in [0.25, 0.3) is 0 Å². The summed E-state index contributed by atoms with van der Waals surface area (Å²) >= 11 is 1.49. The topological polar surface area (TPSA) is 52.0 Å². The third kappa shape index (κ3) is 1.72. The number of nitrogens with zero attached hydrogens (tertiary/aromatic N) is 3. The van der Waals surface area contributed by atoms with E-state index in [1.165, 1.54) is 30.8 Å². The molecule has 2 atom stereocenters. The molecule has 3 heterocycles. The minimum Gasteiger partial charge on any atom is -0.354 e. The van der Waals surface area contributed by atoms with Gasteiger partial charge in [0, 0.05) is 18.6 Å². The molecule has 3 rings (SSSR count). The first-order valence-electron chi connectivity index (χ1n) is 6.16. The van der Waals surface area contributed by atoms with Crippen LogP contribution in [-0.2, 0) is 0 Å². The van der Waals surface area contributed by atoms with Crippen LogP contribution in [-0.4, -0.2) is 29.5 Å². The molecule has 2 unspecified atom stereocenters. The van der Waals surface area contributed by atoms with E-state index in [1.807, 2.05) is 6.92 Å². The van der Waals surface area contributed by atoms with Crippen LogP contribution in [0, 0.1) is 18.3 Å². The molecule has 2 bridgehead atoms. The van der Waals surface area contributed by atoms with Gasteiger partial charge in [-0.15, -0.1) is 0 Å². The first-order valence-corrected chi connectivity index (χ1v) is 6.94. The van der Waals surface area contributed by atoms with E-state index in [0.29, 0.717) is 12.1 Å². The maximum absolute atomic E-state index is 9.26. The Bertz CT molecular complexity index is 448. The number of aromatic nitrogens is 1. The molecule has 0 amide bonds. The zero-order valence-corrected chi connectivity index (χ0v) is 10.8. The molecule has 1 aromatic heterocycles. The van der Waals surface area contributed by atoms with Gasteiger partial charge in [-0.1, -0.05) is 0 Å². The first-order chi connectivity index (χ1) is 8.31. The number of rotatable bonds is 1. The molecular weight excluding hydrogens is 232 g/mol. The summed E-state index contributed by atoms with van der Waals surface area (Å²) in [5.74, 6) is 0. The quantitative estimate of drug-likeness (QED) is 0.821. The van der Waals surface area contributed by atoms with Crippen LogP contribution in [0.2, 0.25) is 0 Å². The van der Waals surface area contributed by atoms with Crippen molar-refractivity contribution in [1.82, 2.24) is 9.69 Å². The van der Waals surface area contributed by atoms with Gasteiger partial charge in [-0.3, -0.25) is 0 Å². The summed E-state index contributed by atoms with van der Waals surface area (Å²) in [6.45, 7) is 4.06. The van der Waals surface area contributed by atoms with Crippen molar-refractivity contribution in [2.24, 2.45) is 0 Å². The zero-order valence-electron chi connectivity index (χ0n) is 9.94. The normalized spacial score (nSPS) is 27.9. The summed E-state index contributed by atoms with van der Waals surface area (Å²) in [5, 5.41) is 13.8. The molecule has 0 saturated carbocycles. The molecule has 0 spiro atoms. The fraction of sp³-hybridized carbons (Fsp3) is 0.667. The Hall–Kier alpha value is -1.12. The van der Waals surface area contributed by atoms with E-state index in [9.17, 15) is 5.26 Å². The van der Waals surface area contributed by atoms with E-state index in [4.69, 9.17) is 0 Å². The van der Waals surface area contributed by atoms with Gasteiger partial charge in [0.15, 0.2) is 0 Å². The Morgan fingerprint density at radius 2 is 2.24 bits per heavy atom. The van der Waals surface area contributed by atoms with Crippen molar-refractivity contribution < 1.29 is 0 Å². The summed E-state index contributed by atoms with van der Waals surface area (Å²) in [6.07, 6.45) is 3.67. The van der Waals surface area contributed by atoms with E-state index in [0.717, 1.165) is 29.3 Å². The number of anilines is 1. The van der Waals surface area contributed by atoms with Gasteiger partial charge in [0.1, 0.15) is 16.6 Å². The third-order valence-corrected chi connectivity index (χ3v) is 4.80. The standard InChI is InChI=1S/C12H16N4S/c1-8-11(6-13)12(17-15-8)16-9-2-3-10(16)7-14-5-4-9/h9-10,14H,2-5,7H2,1H3. The van der Waals surface area contributed by atoms with Crippen LogP contribution in [0.4, 0.5) is 5.00 Å². The molecule has 2 saturated heterocycles. The minimum absolute atomic E-state index is 0.550. The third-order valence-electron chi connectivity index (χ3n) is 3.85. The highest BCUT2D eigenvalue weighted by atomic mass is 32.1. The molecule has 2 aliphatic heterocycles. The molecule has 1 aromatic rings. The number of nitrogens with one attached hydrogen (secondary N) is 1. The molecule has 2 aliphatic rings. The lowest BCUT2D eigenvalue weighted by atomic mass is 10.1. The number of hydrogen-bond donors (Lipinski definition) is 1. The van der Waals surface area contributed by atoms with Gasteiger partial charge in [-0.25, -0.2) is 0 Å². The number of hydrogen-bond acceptors (Lipinski definition) is 5. The lowest BCUT2D eigenvalue weighted by molar-refractivity contribution is 0.567. The molecular formula is C12H16N4S. The van der Waals surface area contributed by atoms with Crippen molar-refractivity contribution >= 4 is 16.5 Å². The Labute approximate surface area is 105 Å². The van der Waals surface area contributed by atoms with Crippen LogP contribution >= 0.6 is 11.5 Å². The fourth-order valence-corrected chi connectivity index (χ4v) is 3.97. The molecule has 17 heavy (non-hydrogen) atoms. The largest absolute Gasteiger partial charge is 0.354 e. The highest BCUT2D eigenvalue weighted by molar-refractivity contribution is 7.10. The summed E-state index contributed by atoms with van der Waals surface area (Å²) in [5.41, 5.74) is 1.66. The van der Waals surface area contributed by atoms with Crippen molar-refractivity contribution in [1.29, 1.82) is 5.26 Å². The van der Waals surface area contributed by atoms with Gasteiger partial charge in [0.05, 0.1) is 5.69 Å². The SMILES string of the molecule is Cc1nsc(N2C3CCNCC2CC3)c1C#N. The predicted molar refractivity (Wildman–Crippen MR) is 68.3 cm³/mol. The molecule has 0 radical (unpaired) electrons. The summed E-state index contributed by atoms with van der Waals surface area (Å²) in [7, 11) is 0. The van der Waals surface area contributed by atoms with Crippen molar-refractivity contribution in [3.05, 3.63) is 11.3 Å². The van der Waals surface area contributed by atoms with Gasteiger partial charge in [-0.05, 0) is 44.3 Å². The number of fused-ring (bicyclic) bond motifs is 2. The second-order valence-corrected chi connectivity index (χ2v) is 5.60. The highest BCUT2D eigenvalue weighted by Gasteiger charge is 2.37.